The number of halogens is 3. The van der Waals surface area contributed by atoms with Crippen LogP contribution < -0.4 is 14.2 Å². The number of alkyl halides is 3. The Morgan fingerprint density at radius 3 is 2.47 bits per heavy atom. The number of fused-ring (bicyclic) bond motifs is 1. The second-order valence-electron chi connectivity index (χ2n) is 3.38. The van der Waals surface area contributed by atoms with Gasteiger partial charge in [0.15, 0.2) is 18.1 Å². The van der Waals surface area contributed by atoms with E-state index in [-0.39, 0.29) is 18.1 Å². The van der Waals surface area contributed by atoms with Gasteiger partial charge in [-0.05, 0) is 6.07 Å². The van der Waals surface area contributed by atoms with E-state index in [1.807, 2.05) is 0 Å². The Labute approximate surface area is 94.5 Å². The second kappa shape index (κ2) is 4.33. The van der Waals surface area contributed by atoms with E-state index in [0.717, 1.165) is 0 Å². The number of benzene rings is 1. The van der Waals surface area contributed by atoms with Crippen molar-refractivity contribution in [3.05, 3.63) is 17.7 Å². The fourth-order valence-corrected chi connectivity index (χ4v) is 1.38. The lowest BCUT2D eigenvalue weighted by Crippen LogP contribution is -2.19. The highest BCUT2D eigenvalue weighted by atomic mass is 19.4. The van der Waals surface area contributed by atoms with Crippen LogP contribution in [0.25, 0.3) is 0 Å². The monoisotopic (exact) mass is 250 g/mol. The Kier molecular flexibility index (Phi) is 3.01. The maximum absolute atomic E-state index is 12.0. The number of aliphatic hydroxyl groups excluding tert-OH is 1. The molecule has 1 N–H and O–H groups in total. The van der Waals surface area contributed by atoms with Crippen molar-refractivity contribution in [2.75, 3.05) is 13.4 Å². The van der Waals surface area contributed by atoms with Gasteiger partial charge < -0.3 is 19.3 Å². The molecular formula is C10H9F3O4. The maximum atomic E-state index is 12.0. The van der Waals surface area contributed by atoms with Gasteiger partial charge in [-0.15, -0.1) is 0 Å². The van der Waals surface area contributed by atoms with Gasteiger partial charge in [0.25, 0.3) is 0 Å². The van der Waals surface area contributed by atoms with Crippen LogP contribution in [-0.4, -0.2) is 24.7 Å². The molecule has 0 spiro atoms. The smallest absolute Gasteiger partial charge is 0.422 e. The second-order valence-corrected chi connectivity index (χ2v) is 3.38. The first kappa shape index (κ1) is 11.8. The molecule has 0 bridgehead atoms. The first-order valence-corrected chi connectivity index (χ1v) is 4.72. The first-order valence-electron chi connectivity index (χ1n) is 4.72. The van der Waals surface area contributed by atoms with Crippen LogP contribution in [0.3, 0.4) is 0 Å². The number of aliphatic hydroxyl groups is 1. The molecule has 1 heterocycles. The normalized spacial score (nSPS) is 13.9. The summed E-state index contributed by atoms with van der Waals surface area (Å²) in [6.45, 7) is -1.85. The highest BCUT2D eigenvalue weighted by molar-refractivity contribution is 5.51. The van der Waals surface area contributed by atoms with Gasteiger partial charge in [0, 0.05) is 11.6 Å². The van der Waals surface area contributed by atoms with E-state index in [2.05, 4.69) is 4.74 Å². The predicted octanol–water partition coefficient (Wildman–Crippen LogP) is 1.85. The van der Waals surface area contributed by atoms with Gasteiger partial charge in [-0.1, -0.05) is 0 Å². The predicted molar refractivity (Wildman–Crippen MR) is 50.0 cm³/mol. The highest BCUT2D eigenvalue weighted by Crippen LogP contribution is 2.38. The summed E-state index contributed by atoms with van der Waals surface area (Å²) in [5, 5.41) is 9.02. The standard InChI is InChI=1S/C10H9F3O4/c11-10(12,13)4-15-7-2-9-8(16-5-17-9)1-6(7)3-14/h1-2,14H,3-5H2. The highest BCUT2D eigenvalue weighted by Gasteiger charge is 2.29. The van der Waals surface area contributed by atoms with E-state index in [4.69, 9.17) is 14.6 Å². The van der Waals surface area contributed by atoms with Crippen LogP contribution in [0.2, 0.25) is 0 Å². The molecule has 4 nitrogen and oxygen atoms in total. The van der Waals surface area contributed by atoms with Gasteiger partial charge >= 0.3 is 6.18 Å². The van der Waals surface area contributed by atoms with Crippen LogP contribution in [0.4, 0.5) is 13.2 Å². The van der Waals surface area contributed by atoms with Gasteiger partial charge in [0.1, 0.15) is 5.75 Å². The Morgan fingerprint density at radius 1 is 1.24 bits per heavy atom. The molecule has 0 saturated carbocycles. The Balaban J connectivity index is 2.21. The molecule has 0 atom stereocenters. The van der Waals surface area contributed by atoms with Crippen LogP contribution in [0, 0.1) is 0 Å². The van der Waals surface area contributed by atoms with Crippen LogP contribution in [0.15, 0.2) is 12.1 Å². The summed E-state index contributed by atoms with van der Waals surface area (Å²) in [5.74, 6) is 0.627. The van der Waals surface area contributed by atoms with Crippen LogP contribution >= 0.6 is 0 Å². The third-order valence-electron chi connectivity index (χ3n) is 2.12. The summed E-state index contributed by atoms with van der Waals surface area (Å²) in [7, 11) is 0. The van der Waals surface area contributed by atoms with E-state index in [0.29, 0.717) is 11.5 Å². The van der Waals surface area contributed by atoms with Crippen LogP contribution in [0.1, 0.15) is 5.56 Å². The zero-order valence-corrected chi connectivity index (χ0v) is 8.58. The molecule has 94 valence electrons. The minimum atomic E-state index is -4.43. The third-order valence-corrected chi connectivity index (χ3v) is 2.12. The zero-order valence-electron chi connectivity index (χ0n) is 8.58. The van der Waals surface area contributed by atoms with Gasteiger partial charge in [-0.3, -0.25) is 0 Å². The van der Waals surface area contributed by atoms with Gasteiger partial charge in [0.2, 0.25) is 6.79 Å². The summed E-state index contributed by atoms with van der Waals surface area (Å²) >= 11 is 0. The maximum Gasteiger partial charge on any atom is 0.422 e. The van der Waals surface area contributed by atoms with Crippen molar-refractivity contribution in [2.24, 2.45) is 0 Å². The Bertz CT molecular complexity index is 417. The molecule has 1 aliphatic heterocycles. The van der Waals surface area contributed by atoms with Gasteiger partial charge in [-0.2, -0.15) is 13.2 Å². The molecule has 0 saturated heterocycles. The number of ether oxygens (including phenoxy) is 3. The van der Waals surface area contributed by atoms with Crippen molar-refractivity contribution in [3.63, 3.8) is 0 Å². The van der Waals surface area contributed by atoms with E-state index >= 15 is 0 Å². The summed E-state index contributed by atoms with van der Waals surface area (Å²) in [4.78, 5) is 0. The van der Waals surface area contributed by atoms with E-state index in [1.54, 1.807) is 0 Å². The molecule has 0 fully saturated rings. The van der Waals surface area contributed by atoms with Crippen LogP contribution in [-0.2, 0) is 6.61 Å². The summed E-state index contributed by atoms with van der Waals surface area (Å²) < 4.78 is 50.7. The molecule has 0 unspecified atom stereocenters. The Hall–Kier alpha value is -1.63. The molecule has 7 heteroatoms. The SMILES string of the molecule is OCc1cc2c(cc1OCC(F)(F)F)OCO2. The fraction of sp³-hybridized carbons (Fsp3) is 0.400. The zero-order chi connectivity index (χ0) is 12.5. The first-order chi connectivity index (χ1) is 7.99. The lowest BCUT2D eigenvalue weighted by Gasteiger charge is -2.12. The molecule has 0 radical (unpaired) electrons. The van der Waals surface area contributed by atoms with Crippen molar-refractivity contribution in [2.45, 2.75) is 12.8 Å². The van der Waals surface area contributed by atoms with Crippen molar-refractivity contribution < 1.29 is 32.5 Å². The van der Waals surface area contributed by atoms with Crippen molar-refractivity contribution >= 4 is 0 Å². The van der Waals surface area contributed by atoms with E-state index in [9.17, 15) is 13.2 Å². The lowest BCUT2D eigenvalue weighted by molar-refractivity contribution is -0.153. The number of rotatable bonds is 3. The minimum Gasteiger partial charge on any atom is -0.484 e. The van der Waals surface area contributed by atoms with E-state index in [1.165, 1.54) is 12.1 Å². The average Bonchev–Trinajstić information content (AvgIpc) is 2.70. The fourth-order valence-electron chi connectivity index (χ4n) is 1.38. The molecule has 17 heavy (non-hydrogen) atoms. The number of hydrogen-bond acceptors (Lipinski definition) is 4. The average molecular weight is 250 g/mol. The summed E-state index contributed by atoms with van der Waals surface area (Å²) in [6, 6.07) is 2.67. The lowest BCUT2D eigenvalue weighted by atomic mass is 10.2. The van der Waals surface area contributed by atoms with Crippen LogP contribution in [0.5, 0.6) is 17.2 Å². The topological polar surface area (TPSA) is 47.9 Å². The third kappa shape index (κ3) is 2.73. The van der Waals surface area contributed by atoms with Gasteiger partial charge in [-0.25, -0.2) is 0 Å². The minimum absolute atomic E-state index is 0.00290. The Morgan fingerprint density at radius 2 is 1.88 bits per heavy atom. The summed E-state index contributed by atoms with van der Waals surface area (Å²) in [6.07, 6.45) is -4.43. The molecule has 1 aliphatic rings. The van der Waals surface area contributed by atoms with Crippen molar-refractivity contribution in [3.8, 4) is 17.2 Å². The van der Waals surface area contributed by atoms with Crippen molar-refractivity contribution in [1.82, 2.24) is 0 Å². The largest absolute Gasteiger partial charge is 0.484 e. The van der Waals surface area contributed by atoms with Gasteiger partial charge in [0.05, 0.1) is 6.61 Å². The molecule has 1 aromatic rings. The summed E-state index contributed by atoms with van der Waals surface area (Å²) in [5.41, 5.74) is 0.221. The van der Waals surface area contributed by atoms with Crippen molar-refractivity contribution in [1.29, 1.82) is 0 Å². The molecule has 2 rings (SSSR count). The molecule has 0 aliphatic carbocycles. The number of hydrogen-bond donors (Lipinski definition) is 1. The van der Waals surface area contributed by atoms with E-state index < -0.39 is 19.4 Å². The quantitative estimate of drug-likeness (QED) is 0.889. The molecule has 0 aromatic heterocycles. The molecule has 1 aromatic carbocycles. The molecule has 0 amide bonds. The molecular weight excluding hydrogens is 241 g/mol.